The van der Waals surface area contributed by atoms with E-state index in [0.29, 0.717) is 25.7 Å². The lowest BCUT2D eigenvalue weighted by Crippen LogP contribution is -2.49. The number of hydrogen-bond acceptors (Lipinski definition) is 0. The van der Waals surface area contributed by atoms with Crippen LogP contribution in [0.4, 0.5) is 43.9 Å². The first-order valence-electron chi connectivity index (χ1n) is 8.95. The molecule has 0 aliphatic heterocycles. The Bertz CT molecular complexity index is 862. The van der Waals surface area contributed by atoms with Crippen molar-refractivity contribution in [3.8, 4) is 0 Å². The van der Waals surface area contributed by atoms with Gasteiger partial charge in [-0.15, -0.1) is 10.9 Å². The molecular weight excluding hydrogens is 448 g/mol. The summed E-state index contributed by atoms with van der Waals surface area (Å²) in [5.41, 5.74) is -3.57. The maximum absolute atomic E-state index is 14.4. The molecule has 2 aromatic rings. The number of benzene rings is 2. The van der Waals surface area contributed by atoms with Gasteiger partial charge >= 0.3 is 0 Å². The van der Waals surface area contributed by atoms with Gasteiger partial charge in [-0.3, -0.25) is 0 Å². The first-order chi connectivity index (χ1) is 14.1. The van der Waals surface area contributed by atoms with Gasteiger partial charge in [-0.1, -0.05) is 6.42 Å². The summed E-state index contributed by atoms with van der Waals surface area (Å²) in [4.78, 5) is 0. The van der Waals surface area contributed by atoms with E-state index >= 15 is 0 Å². The third-order valence-electron chi connectivity index (χ3n) is 5.22. The van der Waals surface area contributed by atoms with Gasteiger partial charge in [-0.05, 0) is 25.7 Å². The van der Waals surface area contributed by atoms with Crippen LogP contribution in [-0.4, -0.2) is 12.1 Å². The normalized spacial score (nSPS) is 15.7. The van der Waals surface area contributed by atoms with Gasteiger partial charge in [0.1, 0.15) is 29.7 Å². The largest absolute Gasteiger partial charge is 0.207 e. The molecule has 1 atom stereocenters. The summed E-state index contributed by atoms with van der Waals surface area (Å²) in [6, 6.07) is 0. The quantitative estimate of drug-likeness (QED) is 0.199. The molecule has 2 aromatic carbocycles. The molecule has 30 heavy (non-hydrogen) atoms. The van der Waals surface area contributed by atoms with E-state index < -0.39 is 89.6 Å². The van der Waals surface area contributed by atoms with Crippen molar-refractivity contribution < 1.29 is 43.9 Å². The predicted molar refractivity (Wildman–Crippen MR) is 94.1 cm³/mol. The highest BCUT2D eigenvalue weighted by Crippen LogP contribution is 2.36. The highest BCUT2D eigenvalue weighted by atomic mass is 31.1. The molecule has 1 fully saturated rings. The van der Waals surface area contributed by atoms with Gasteiger partial charge in [0, 0.05) is 5.66 Å². The summed E-state index contributed by atoms with van der Waals surface area (Å²) in [6.07, 6.45) is 0.804. The molecule has 3 rings (SSSR count). The molecule has 0 amide bonds. The Morgan fingerprint density at radius 1 is 0.467 bits per heavy atom. The minimum absolute atomic E-state index is 0.395. The van der Waals surface area contributed by atoms with Crippen molar-refractivity contribution in [2.45, 2.75) is 37.8 Å². The molecule has 0 aromatic heterocycles. The smallest absolute Gasteiger partial charge is 0.200 e. The van der Waals surface area contributed by atoms with Gasteiger partial charge in [-0.2, -0.15) is 8.46 Å². The zero-order valence-electron chi connectivity index (χ0n) is 15.0. The Morgan fingerprint density at radius 3 is 1.10 bits per heavy atom. The molecule has 1 saturated carbocycles. The molecule has 0 N–H and O–H groups in total. The molecule has 0 spiro atoms. The SMILES string of the molecule is Fc1c(F)c(F)c([B-]([PH2+]C2CCCCC2)c2c(F)c(F)c(F)c(F)c2F)c(F)c1F. The molecule has 1 unspecified atom stereocenters. The molecule has 0 heterocycles. The maximum Gasteiger partial charge on any atom is 0.200 e. The molecule has 1 aliphatic carbocycles. The molecule has 12 heteroatoms. The summed E-state index contributed by atoms with van der Waals surface area (Å²) in [5, 5.41) is 0. The van der Waals surface area contributed by atoms with Crippen LogP contribution in [0.1, 0.15) is 32.1 Å². The molecule has 1 aliphatic rings. The van der Waals surface area contributed by atoms with Crippen LogP contribution in [-0.2, 0) is 0 Å². The van der Waals surface area contributed by atoms with Crippen LogP contribution in [0, 0.1) is 58.2 Å². The Labute approximate surface area is 166 Å². The van der Waals surface area contributed by atoms with E-state index in [9.17, 15) is 43.9 Å². The van der Waals surface area contributed by atoms with Crippen molar-refractivity contribution in [3.05, 3.63) is 58.2 Å². The van der Waals surface area contributed by atoms with E-state index in [0.717, 1.165) is 6.42 Å². The Balaban J connectivity index is 2.30. The summed E-state index contributed by atoms with van der Waals surface area (Å²) in [7, 11) is -1.52. The van der Waals surface area contributed by atoms with Gasteiger partial charge in [0.25, 0.3) is 0 Å². The summed E-state index contributed by atoms with van der Waals surface area (Å²) < 4.78 is 139. The van der Waals surface area contributed by atoms with E-state index in [1.54, 1.807) is 0 Å². The van der Waals surface area contributed by atoms with E-state index in [-0.39, 0.29) is 0 Å². The second-order valence-electron chi connectivity index (χ2n) is 7.04. The Hall–Kier alpha value is -1.77. The first-order valence-corrected chi connectivity index (χ1v) is 10.3. The first kappa shape index (κ1) is 22.9. The number of halogens is 10. The fourth-order valence-electron chi connectivity index (χ4n) is 3.73. The minimum atomic E-state index is -2.49. The van der Waals surface area contributed by atoms with Crippen molar-refractivity contribution in [1.29, 1.82) is 0 Å². The highest BCUT2D eigenvalue weighted by Gasteiger charge is 2.35. The van der Waals surface area contributed by atoms with Crippen LogP contribution in [0.2, 0.25) is 0 Å². The zero-order chi connectivity index (χ0) is 22.3. The standard InChI is InChI=1S/C18H13BF10P/c20-9-7(10(21)14(25)17(28)13(9)24)19(30-6-4-2-1-3-5-6)8-11(22)15(26)18(29)16(27)12(8)23/h6H,1-5,30H2. The number of rotatable bonds is 4. The van der Waals surface area contributed by atoms with Crippen molar-refractivity contribution >= 4 is 25.8 Å². The van der Waals surface area contributed by atoms with Crippen molar-refractivity contribution in [2.75, 3.05) is 0 Å². The molecule has 0 bridgehead atoms. The Morgan fingerprint density at radius 2 is 0.767 bits per heavy atom. The average Bonchev–Trinajstić information content (AvgIpc) is 2.74. The summed E-state index contributed by atoms with van der Waals surface area (Å²) in [6.45, 7) is 0. The minimum Gasteiger partial charge on any atom is -0.207 e. The van der Waals surface area contributed by atoms with Crippen LogP contribution >= 0.6 is 8.46 Å². The van der Waals surface area contributed by atoms with Crippen LogP contribution in [0.15, 0.2) is 0 Å². The van der Waals surface area contributed by atoms with Crippen LogP contribution in [0.3, 0.4) is 0 Å². The topological polar surface area (TPSA) is 0 Å². The average molecular weight is 461 g/mol. The summed E-state index contributed by atoms with van der Waals surface area (Å²) >= 11 is 0. The monoisotopic (exact) mass is 461 g/mol. The Kier molecular flexibility index (Phi) is 6.70. The third kappa shape index (κ3) is 3.81. The van der Waals surface area contributed by atoms with E-state index in [2.05, 4.69) is 0 Å². The molecular formula is C18H13BF10P. The summed E-state index contributed by atoms with van der Waals surface area (Å²) in [5.74, 6) is -23.8. The van der Waals surface area contributed by atoms with Crippen LogP contribution in [0.25, 0.3) is 0 Å². The van der Waals surface area contributed by atoms with Crippen LogP contribution < -0.4 is 10.9 Å². The second kappa shape index (κ2) is 8.77. The fourth-order valence-corrected chi connectivity index (χ4v) is 6.10. The lowest BCUT2D eigenvalue weighted by Gasteiger charge is -2.30. The number of hydrogen-bond donors (Lipinski definition) is 0. The van der Waals surface area contributed by atoms with E-state index in [1.807, 2.05) is 0 Å². The van der Waals surface area contributed by atoms with Gasteiger partial charge in [0.15, 0.2) is 34.9 Å². The van der Waals surface area contributed by atoms with Crippen molar-refractivity contribution in [1.82, 2.24) is 0 Å². The highest BCUT2D eigenvalue weighted by molar-refractivity contribution is 7.81. The second-order valence-corrected chi connectivity index (χ2v) is 9.03. The van der Waals surface area contributed by atoms with Crippen LogP contribution in [0.5, 0.6) is 0 Å². The van der Waals surface area contributed by atoms with Crippen molar-refractivity contribution in [3.63, 3.8) is 0 Å². The van der Waals surface area contributed by atoms with Gasteiger partial charge in [-0.25, -0.2) is 43.9 Å². The van der Waals surface area contributed by atoms with E-state index in [4.69, 9.17) is 0 Å². The third-order valence-corrected chi connectivity index (χ3v) is 7.49. The van der Waals surface area contributed by atoms with Gasteiger partial charge in [0.2, 0.25) is 0 Å². The molecule has 0 nitrogen and oxygen atoms in total. The molecule has 1 radical (unpaired) electrons. The molecule has 163 valence electrons. The fraction of sp³-hybridized carbons (Fsp3) is 0.333. The zero-order valence-corrected chi connectivity index (χ0v) is 16.2. The lowest BCUT2D eigenvalue weighted by molar-refractivity contribution is 0.382. The molecule has 0 saturated heterocycles. The van der Waals surface area contributed by atoms with Gasteiger partial charge < -0.3 is 0 Å². The predicted octanol–water partition coefficient (Wildman–Crippen LogP) is 4.93. The van der Waals surface area contributed by atoms with E-state index in [1.165, 1.54) is 0 Å². The van der Waals surface area contributed by atoms with Gasteiger partial charge in [0.05, 0.1) is 0 Å². The maximum atomic E-state index is 14.4. The van der Waals surface area contributed by atoms with Crippen molar-refractivity contribution in [2.24, 2.45) is 0 Å². The lowest BCUT2D eigenvalue weighted by atomic mass is 9.60.